The number of aromatic nitrogens is 2. The first-order valence-electron chi connectivity index (χ1n) is 7.72. The molecule has 1 fully saturated rings. The van der Waals surface area contributed by atoms with Crippen LogP contribution in [0.5, 0.6) is 0 Å². The van der Waals surface area contributed by atoms with Crippen LogP contribution >= 0.6 is 11.8 Å². The van der Waals surface area contributed by atoms with Crippen molar-refractivity contribution in [2.75, 3.05) is 16.9 Å². The number of carbonyl (C=O) groups is 2. The van der Waals surface area contributed by atoms with Crippen LogP contribution in [-0.2, 0) is 11.8 Å². The van der Waals surface area contributed by atoms with E-state index < -0.39 is 6.04 Å². The summed E-state index contributed by atoms with van der Waals surface area (Å²) < 4.78 is 1.66. The highest BCUT2D eigenvalue weighted by molar-refractivity contribution is 7.99. The van der Waals surface area contributed by atoms with Crippen LogP contribution < -0.4 is 5.32 Å². The molecule has 24 heavy (non-hydrogen) atoms. The number of nitrogens with zero attached hydrogens (tertiary/aromatic N) is 3. The average Bonchev–Trinajstić information content (AvgIpc) is 3.17. The lowest BCUT2D eigenvalue weighted by molar-refractivity contribution is -0.119. The lowest BCUT2D eigenvalue weighted by Crippen LogP contribution is -2.44. The van der Waals surface area contributed by atoms with Crippen LogP contribution in [0.15, 0.2) is 30.5 Å². The molecule has 0 spiro atoms. The topological polar surface area (TPSA) is 67.2 Å². The van der Waals surface area contributed by atoms with Gasteiger partial charge in [0.05, 0.1) is 17.6 Å². The van der Waals surface area contributed by atoms with E-state index in [2.05, 4.69) is 10.4 Å². The van der Waals surface area contributed by atoms with Gasteiger partial charge in [0, 0.05) is 24.2 Å². The Balaban J connectivity index is 1.75. The molecular weight excluding hydrogens is 324 g/mol. The summed E-state index contributed by atoms with van der Waals surface area (Å²) in [5.74, 6) is 0.815. The van der Waals surface area contributed by atoms with Gasteiger partial charge in [0.15, 0.2) is 0 Å². The van der Waals surface area contributed by atoms with Crippen LogP contribution in [0.1, 0.15) is 21.6 Å². The normalized spacial score (nSPS) is 17.1. The van der Waals surface area contributed by atoms with Crippen LogP contribution in [0.2, 0.25) is 0 Å². The molecule has 1 saturated heterocycles. The molecule has 1 atom stereocenters. The average molecular weight is 344 g/mol. The first-order valence-corrected chi connectivity index (χ1v) is 8.87. The zero-order valence-corrected chi connectivity index (χ0v) is 14.8. The third-order valence-corrected chi connectivity index (χ3v) is 5.24. The first kappa shape index (κ1) is 16.6. The predicted octanol–water partition coefficient (Wildman–Crippen LogP) is 2.19. The molecule has 2 amide bonds. The number of hydrogen-bond donors (Lipinski definition) is 1. The summed E-state index contributed by atoms with van der Waals surface area (Å²) in [6, 6.07) is 7.16. The van der Waals surface area contributed by atoms with E-state index in [4.69, 9.17) is 0 Å². The minimum Gasteiger partial charge on any atom is -0.324 e. The number of aryl methyl sites for hydroxylation is 2. The Morgan fingerprint density at radius 1 is 1.25 bits per heavy atom. The van der Waals surface area contributed by atoms with Crippen molar-refractivity contribution >= 4 is 29.3 Å². The van der Waals surface area contributed by atoms with E-state index >= 15 is 0 Å². The van der Waals surface area contributed by atoms with Crippen LogP contribution in [-0.4, -0.2) is 44.2 Å². The van der Waals surface area contributed by atoms with Crippen LogP contribution in [0.3, 0.4) is 0 Å². The van der Waals surface area contributed by atoms with Gasteiger partial charge in [-0.25, -0.2) is 0 Å². The number of amides is 2. The second kappa shape index (κ2) is 6.68. The van der Waals surface area contributed by atoms with Crippen LogP contribution in [0.25, 0.3) is 0 Å². The maximum Gasteiger partial charge on any atom is 0.258 e. The van der Waals surface area contributed by atoms with Gasteiger partial charge in [0.25, 0.3) is 5.91 Å². The Bertz CT molecular complexity index is 769. The SMILES string of the molecule is Cc1ccc(NC(=O)[C@H]2CSCN2C(=O)c2cnn(C)c2C)cc1. The molecule has 6 nitrogen and oxygen atoms in total. The van der Waals surface area contributed by atoms with Crippen molar-refractivity contribution in [2.45, 2.75) is 19.9 Å². The van der Waals surface area contributed by atoms with Crippen molar-refractivity contribution in [3.05, 3.63) is 47.3 Å². The van der Waals surface area contributed by atoms with E-state index in [1.54, 1.807) is 34.6 Å². The second-order valence-corrected chi connectivity index (χ2v) is 6.91. The number of hydrogen-bond acceptors (Lipinski definition) is 4. The molecule has 1 aromatic heterocycles. The lowest BCUT2D eigenvalue weighted by Gasteiger charge is -2.23. The molecule has 1 aliphatic rings. The third-order valence-electron chi connectivity index (χ3n) is 4.23. The summed E-state index contributed by atoms with van der Waals surface area (Å²) in [4.78, 5) is 27.0. The highest BCUT2D eigenvalue weighted by Gasteiger charge is 2.36. The van der Waals surface area contributed by atoms with Gasteiger partial charge < -0.3 is 10.2 Å². The van der Waals surface area contributed by atoms with Crippen molar-refractivity contribution < 1.29 is 9.59 Å². The summed E-state index contributed by atoms with van der Waals surface area (Å²) in [6.07, 6.45) is 1.57. The molecule has 126 valence electrons. The number of thioether (sulfide) groups is 1. The Hall–Kier alpha value is -2.28. The summed E-state index contributed by atoms with van der Waals surface area (Å²) in [7, 11) is 1.80. The van der Waals surface area contributed by atoms with E-state index in [9.17, 15) is 9.59 Å². The van der Waals surface area contributed by atoms with Gasteiger partial charge in [-0.2, -0.15) is 5.10 Å². The molecule has 0 radical (unpaired) electrons. The fraction of sp³-hybridized carbons (Fsp3) is 0.353. The van der Waals surface area contributed by atoms with E-state index in [1.807, 2.05) is 38.1 Å². The van der Waals surface area contributed by atoms with Gasteiger partial charge in [0.2, 0.25) is 5.91 Å². The molecule has 0 bridgehead atoms. The smallest absolute Gasteiger partial charge is 0.258 e. The zero-order chi connectivity index (χ0) is 17.3. The predicted molar refractivity (Wildman–Crippen MR) is 95.0 cm³/mol. The van der Waals surface area contributed by atoms with Crippen molar-refractivity contribution in [3.8, 4) is 0 Å². The monoisotopic (exact) mass is 344 g/mol. The van der Waals surface area contributed by atoms with Crippen molar-refractivity contribution in [1.29, 1.82) is 0 Å². The largest absolute Gasteiger partial charge is 0.324 e. The fourth-order valence-corrected chi connectivity index (χ4v) is 3.74. The summed E-state index contributed by atoms with van der Waals surface area (Å²) in [5.41, 5.74) is 3.23. The molecule has 2 aromatic rings. The van der Waals surface area contributed by atoms with Gasteiger partial charge in [-0.3, -0.25) is 14.3 Å². The van der Waals surface area contributed by atoms with Crippen molar-refractivity contribution in [1.82, 2.24) is 14.7 Å². The highest BCUT2D eigenvalue weighted by Crippen LogP contribution is 2.25. The number of nitrogens with one attached hydrogen (secondary N) is 1. The molecule has 1 aliphatic heterocycles. The molecule has 2 heterocycles. The minimum absolute atomic E-state index is 0.144. The molecule has 0 unspecified atom stereocenters. The van der Waals surface area contributed by atoms with E-state index in [-0.39, 0.29) is 11.8 Å². The second-order valence-electron chi connectivity index (χ2n) is 5.91. The van der Waals surface area contributed by atoms with Gasteiger partial charge >= 0.3 is 0 Å². The fourth-order valence-electron chi connectivity index (χ4n) is 2.59. The maximum absolute atomic E-state index is 12.8. The number of anilines is 1. The third kappa shape index (κ3) is 3.17. The first-order chi connectivity index (χ1) is 11.5. The summed E-state index contributed by atoms with van der Waals surface area (Å²) in [5, 5.41) is 7.02. The van der Waals surface area contributed by atoms with Crippen LogP contribution in [0, 0.1) is 13.8 Å². The van der Waals surface area contributed by atoms with Crippen molar-refractivity contribution in [3.63, 3.8) is 0 Å². The zero-order valence-electron chi connectivity index (χ0n) is 13.9. The molecule has 7 heteroatoms. The Morgan fingerprint density at radius 2 is 1.96 bits per heavy atom. The Kier molecular flexibility index (Phi) is 4.62. The molecule has 0 aliphatic carbocycles. The summed E-state index contributed by atoms with van der Waals surface area (Å²) >= 11 is 1.58. The standard InChI is InChI=1S/C17H20N4O2S/c1-11-4-6-13(7-5-11)19-16(22)15-9-24-10-21(15)17(23)14-8-18-20(3)12(14)2/h4-8,15H,9-10H2,1-3H3,(H,19,22)/t15-/m1/s1. The molecule has 1 aromatic carbocycles. The van der Waals surface area contributed by atoms with Gasteiger partial charge in [-0.1, -0.05) is 17.7 Å². The quantitative estimate of drug-likeness (QED) is 0.927. The number of carbonyl (C=O) groups excluding carboxylic acids is 2. The highest BCUT2D eigenvalue weighted by atomic mass is 32.2. The molecule has 3 rings (SSSR count). The lowest BCUT2D eigenvalue weighted by atomic mass is 10.2. The van der Waals surface area contributed by atoms with Gasteiger partial charge in [-0.15, -0.1) is 11.8 Å². The van der Waals surface area contributed by atoms with Gasteiger partial charge in [0.1, 0.15) is 6.04 Å². The number of benzene rings is 1. The van der Waals surface area contributed by atoms with Gasteiger partial charge in [-0.05, 0) is 26.0 Å². The Morgan fingerprint density at radius 3 is 2.58 bits per heavy atom. The minimum atomic E-state index is -0.469. The molecular formula is C17H20N4O2S. The number of rotatable bonds is 3. The summed E-state index contributed by atoms with van der Waals surface area (Å²) in [6.45, 7) is 3.85. The van der Waals surface area contributed by atoms with E-state index in [0.717, 1.165) is 16.9 Å². The Labute approximate surface area is 145 Å². The van der Waals surface area contributed by atoms with E-state index in [0.29, 0.717) is 17.2 Å². The van der Waals surface area contributed by atoms with Crippen LogP contribution in [0.4, 0.5) is 5.69 Å². The molecule has 0 saturated carbocycles. The van der Waals surface area contributed by atoms with Crippen molar-refractivity contribution in [2.24, 2.45) is 7.05 Å². The van der Waals surface area contributed by atoms with E-state index in [1.165, 1.54) is 0 Å². The molecule has 1 N–H and O–H groups in total. The maximum atomic E-state index is 12.8.